The number of nitrogens with one attached hydrogen (secondary N) is 1. The van der Waals surface area contributed by atoms with Gasteiger partial charge in [0.1, 0.15) is 13.2 Å². The van der Waals surface area contributed by atoms with Crippen molar-refractivity contribution in [1.29, 1.82) is 0 Å². The minimum Gasteiger partial charge on any atom is -0.756 e. The average Bonchev–Trinajstić information content (AvgIpc) is 3.23. The summed E-state index contributed by atoms with van der Waals surface area (Å²) in [5.41, 5.74) is 0. The molecule has 0 aliphatic carbocycles. The van der Waals surface area contributed by atoms with Crippen molar-refractivity contribution in [3.8, 4) is 0 Å². The highest BCUT2D eigenvalue weighted by atomic mass is 31.2. The first kappa shape index (κ1) is 61.0. The molecule has 0 aliphatic heterocycles. The zero-order valence-electron chi connectivity index (χ0n) is 41.8. The summed E-state index contributed by atoms with van der Waals surface area (Å²) in [4.78, 5) is 25.4. The Kier molecular flexibility index (Phi) is 44.4. The van der Waals surface area contributed by atoms with Gasteiger partial charge in [0.05, 0.1) is 39.9 Å². The smallest absolute Gasteiger partial charge is 0.268 e. The molecular weight excluding hydrogens is 792 g/mol. The van der Waals surface area contributed by atoms with Crippen LogP contribution in [-0.2, 0) is 18.4 Å². The lowest BCUT2D eigenvalue weighted by Gasteiger charge is -2.29. The van der Waals surface area contributed by atoms with Gasteiger partial charge in [-0.05, 0) is 32.1 Å². The predicted octanol–water partition coefficient (Wildman–Crippen LogP) is 15.0. The van der Waals surface area contributed by atoms with E-state index in [0.717, 1.165) is 38.5 Å². The Morgan fingerprint density at radius 3 is 1.31 bits per heavy atom. The minimum absolute atomic E-state index is 0.00390. The Morgan fingerprint density at radius 2 is 0.903 bits per heavy atom. The first-order chi connectivity index (χ1) is 30.0. The summed E-state index contributed by atoms with van der Waals surface area (Å²) >= 11 is 0. The third kappa shape index (κ3) is 47.0. The number of carbonyl (C=O) groups is 1. The number of allylic oxidation sites excluding steroid dienone is 3. The first-order valence-electron chi connectivity index (χ1n) is 26.7. The minimum atomic E-state index is -4.60. The summed E-state index contributed by atoms with van der Waals surface area (Å²) < 4.78 is 23.3. The maximum Gasteiger partial charge on any atom is 0.268 e. The van der Waals surface area contributed by atoms with Gasteiger partial charge in [-0.3, -0.25) is 9.36 Å². The van der Waals surface area contributed by atoms with Gasteiger partial charge in [0.15, 0.2) is 0 Å². The number of quaternary nitrogens is 1. The molecule has 368 valence electrons. The number of carbonyl (C=O) groups excluding carboxylic acids is 1. The van der Waals surface area contributed by atoms with Crippen LogP contribution in [0.5, 0.6) is 0 Å². The molecule has 8 nitrogen and oxygen atoms in total. The highest BCUT2D eigenvalue weighted by Crippen LogP contribution is 2.38. The van der Waals surface area contributed by atoms with E-state index < -0.39 is 20.0 Å². The molecule has 0 spiro atoms. The molecule has 2 N–H and O–H groups in total. The zero-order valence-corrected chi connectivity index (χ0v) is 42.7. The van der Waals surface area contributed by atoms with Gasteiger partial charge in [0, 0.05) is 6.42 Å². The van der Waals surface area contributed by atoms with E-state index in [2.05, 4.69) is 31.3 Å². The number of aliphatic hydroxyl groups is 1. The van der Waals surface area contributed by atoms with E-state index >= 15 is 0 Å². The standard InChI is InChI=1S/C53H105N2O6P/c1-6-8-10-12-14-16-18-20-22-24-25-26-27-28-29-31-33-35-37-39-41-43-45-47-53(57)54-51(50-61-62(58,59)60-49-48-55(3,4)5)52(56)46-44-42-40-38-36-34-32-30-23-21-19-17-15-13-11-9-7-2/h36,38,44,46,51-52,56H,6-35,37,39-43,45,47-50H2,1-5H3,(H-,54,57,58,59)/b38-36+,46-44+/t51-,52+/m0/s1. The van der Waals surface area contributed by atoms with Crippen molar-refractivity contribution >= 4 is 13.7 Å². The molecule has 0 aliphatic rings. The van der Waals surface area contributed by atoms with Crippen LogP contribution < -0.4 is 10.2 Å². The molecule has 0 aromatic carbocycles. The SMILES string of the molecule is CCCCCCCCCCCCC/C=C/CC/C=C/[C@@H](O)[C@H](COP(=O)([O-])OCC[N+](C)(C)C)NC(=O)CCCCCCCCCCCCCCCCCCCCCCCCC. The van der Waals surface area contributed by atoms with E-state index in [1.165, 1.54) is 199 Å². The molecule has 0 bridgehead atoms. The van der Waals surface area contributed by atoms with Gasteiger partial charge in [-0.25, -0.2) is 0 Å². The zero-order chi connectivity index (χ0) is 45.7. The molecule has 1 amide bonds. The molecule has 1 unspecified atom stereocenters. The Labute approximate surface area is 385 Å². The first-order valence-corrected chi connectivity index (χ1v) is 28.2. The highest BCUT2D eigenvalue weighted by molar-refractivity contribution is 7.45. The van der Waals surface area contributed by atoms with E-state index in [1.807, 2.05) is 27.2 Å². The van der Waals surface area contributed by atoms with E-state index in [1.54, 1.807) is 6.08 Å². The number of phosphoric acid groups is 1. The van der Waals surface area contributed by atoms with E-state index in [9.17, 15) is 19.4 Å². The van der Waals surface area contributed by atoms with Gasteiger partial charge in [-0.2, -0.15) is 0 Å². The third-order valence-electron chi connectivity index (χ3n) is 12.2. The van der Waals surface area contributed by atoms with E-state index in [0.29, 0.717) is 17.4 Å². The summed E-state index contributed by atoms with van der Waals surface area (Å²) in [5, 5.41) is 13.8. The van der Waals surface area contributed by atoms with Crippen molar-refractivity contribution in [3.63, 3.8) is 0 Å². The molecule has 0 radical (unpaired) electrons. The van der Waals surface area contributed by atoms with Crippen LogP contribution in [0.1, 0.15) is 258 Å². The van der Waals surface area contributed by atoms with Gasteiger partial charge in [0.25, 0.3) is 7.82 Å². The Balaban J connectivity index is 4.25. The molecule has 3 atom stereocenters. The number of likely N-dealkylation sites (N-methyl/N-ethyl adjacent to an activating group) is 1. The Hall–Kier alpha value is -1.02. The molecule has 62 heavy (non-hydrogen) atoms. The summed E-state index contributed by atoms with van der Waals surface area (Å²) in [6.07, 6.45) is 55.3. The number of phosphoric ester groups is 1. The fourth-order valence-corrected chi connectivity index (χ4v) is 8.66. The lowest BCUT2D eigenvalue weighted by atomic mass is 10.0. The number of hydrogen-bond donors (Lipinski definition) is 2. The molecule has 0 heterocycles. The lowest BCUT2D eigenvalue weighted by Crippen LogP contribution is -2.45. The van der Waals surface area contributed by atoms with Crippen LogP contribution in [-0.4, -0.2) is 68.5 Å². The van der Waals surface area contributed by atoms with Crippen molar-refractivity contribution in [2.24, 2.45) is 0 Å². The summed E-state index contributed by atoms with van der Waals surface area (Å²) in [7, 11) is 1.25. The summed E-state index contributed by atoms with van der Waals surface area (Å²) in [5.74, 6) is -0.202. The largest absolute Gasteiger partial charge is 0.756 e. The van der Waals surface area contributed by atoms with Gasteiger partial charge >= 0.3 is 0 Å². The third-order valence-corrected chi connectivity index (χ3v) is 13.1. The number of amides is 1. The molecule has 0 rings (SSSR count). The van der Waals surface area contributed by atoms with Crippen molar-refractivity contribution in [2.75, 3.05) is 40.9 Å². The quantitative estimate of drug-likeness (QED) is 0.0273. The maximum absolute atomic E-state index is 12.9. The highest BCUT2D eigenvalue weighted by Gasteiger charge is 2.23. The molecule has 9 heteroatoms. The molecule has 0 fully saturated rings. The fraction of sp³-hybridized carbons (Fsp3) is 0.906. The topological polar surface area (TPSA) is 108 Å². The van der Waals surface area contributed by atoms with Gasteiger partial charge in [-0.15, -0.1) is 0 Å². The normalized spacial score (nSPS) is 14.2. The predicted molar refractivity (Wildman–Crippen MR) is 265 cm³/mol. The van der Waals surface area contributed by atoms with Crippen molar-refractivity contribution in [2.45, 2.75) is 270 Å². The average molecular weight is 897 g/mol. The number of hydrogen-bond acceptors (Lipinski definition) is 6. The number of nitrogens with zero attached hydrogens (tertiary/aromatic N) is 1. The van der Waals surface area contributed by atoms with Crippen LogP contribution in [0.2, 0.25) is 0 Å². The fourth-order valence-electron chi connectivity index (χ4n) is 7.94. The van der Waals surface area contributed by atoms with Crippen LogP contribution in [0, 0.1) is 0 Å². The molecule has 0 saturated heterocycles. The van der Waals surface area contributed by atoms with Crippen molar-refractivity contribution < 1.29 is 32.9 Å². The van der Waals surface area contributed by atoms with Crippen LogP contribution in [0.4, 0.5) is 0 Å². The molecule has 0 saturated carbocycles. The van der Waals surface area contributed by atoms with Crippen molar-refractivity contribution in [1.82, 2.24) is 5.32 Å². The van der Waals surface area contributed by atoms with Crippen molar-refractivity contribution in [3.05, 3.63) is 24.3 Å². The summed E-state index contributed by atoms with van der Waals surface area (Å²) in [6, 6.07) is -0.899. The van der Waals surface area contributed by atoms with E-state index in [4.69, 9.17) is 9.05 Å². The number of unbranched alkanes of at least 4 members (excludes halogenated alkanes) is 34. The van der Waals surface area contributed by atoms with E-state index in [-0.39, 0.29) is 19.1 Å². The van der Waals surface area contributed by atoms with Gasteiger partial charge in [-0.1, -0.05) is 244 Å². The lowest BCUT2D eigenvalue weighted by molar-refractivity contribution is -0.870. The molecule has 0 aromatic heterocycles. The monoisotopic (exact) mass is 897 g/mol. The number of aliphatic hydroxyl groups excluding tert-OH is 1. The van der Waals surface area contributed by atoms with Crippen LogP contribution in [0.25, 0.3) is 0 Å². The number of rotatable bonds is 49. The van der Waals surface area contributed by atoms with Crippen LogP contribution in [0.15, 0.2) is 24.3 Å². The van der Waals surface area contributed by atoms with Gasteiger partial charge in [0.2, 0.25) is 5.91 Å². The summed E-state index contributed by atoms with van der Waals surface area (Å²) in [6.45, 7) is 4.66. The Morgan fingerprint density at radius 1 is 0.548 bits per heavy atom. The molecule has 0 aromatic rings. The van der Waals surface area contributed by atoms with Crippen LogP contribution in [0.3, 0.4) is 0 Å². The second-order valence-electron chi connectivity index (χ2n) is 19.6. The Bertz CT molecular complexity index is 1060. The second kappa shape index (κ2) is 45.1. The van der Waals surface area contributed by atoms with Gasteiger partial charge < -0.3 is 28.8 Å². The molecular formula is C53H105N2O6P. The van der Waals surface area contributed by atoms with Crippen LogP contribution >= 0.6 is 7.82 Å². The maximum atomic E-state index is 12.9. The second-order valence-corrected chi connectivity index (χ2v) is 21.0.